The highest BCUT2D eigenvalue weighted by Crippen LogP contribution is 2.31. The van der Waals surface area contributed by atoms with Gasteiger partial charge in [-0.25, -0.2) is 0 Å². The highest BCUT2D eigenvalue weighted by atomic mass is 16.5. The molecule has 2 N–H and O–H groups in total. The third kappa shape index (κ3) is 7.35. The number of benzene rings is 2. The molecule has 2 aromatic rings. The summed E-state index contributed by atoms with van der Waals surface area (Å²) in [5, 5.41) is 12.8. The van der Waals surface area contributed by atoms with E-state index in [0.29, 0.717) is 23.5 Å². The first-order chi connectivity index (χ1) is 18.3. The van der Waals surface area contributed by atoms with Crippen molar-refractivity contribution in [2.24, 2.45) is 11.8 Å². The van der Waals surface area contributed by atoms with Crippen LogP contribution in [-0.2, 0) is 11.2 Å². The summed E-state index contributed by atoms with van der Waals surface area (Å²) in [6.07, 6.45) is 6.73. The van der Waals surface area contributed by atoms with Gasteiger partial charge in [0, 0.05) is 31.2 Å². The van der Waals surface area contributed by atoms with Gasteiger partial charge in [-0.2, -0.15) is 0 Å². The fourth-order valence-electron chi connectivity index (χ4n) is 5.70. The van der Waals surface area contributed by atoms with Gasteiger partial charge in [-0.1, -0.05) is 56.5 Å². The van der Waals surface area contributed by atoms with Gasteiger partial charge in [-0.15, -0.1) is 0 Å². The van der Waals surface area contributed by atoms with E-state index in [4.69, 9.17) is 4.74 Å². The highest BCUT2D eigenvalue weighted by Gasteiger charge is 2.34. The van der Waals surface area contributed by atoms with Gasteiger partial charge in [0.2, 0.25) is 5.91 Å². The summed E-state index contributed by atoms with van der Waals surface area (Å²) in [7, 11) is 2.16. The molecule has 0 aromatic heterocycles. The maximum Gasteiger partial charge on any atom is 0.258 e. The summed E-state index contributed by atoms with van der Waals surface area (Å²) in [5.74, 6) is 1.00. The molecule has 1 heterocycles. The van der Waals surface area contributed by atoms with Crippen molar-refractivity contribution in [1.82, 2.24) is 9.80 Å². The second kappa shape index (κ2) is 13.3. The standard InChI is InChI=1S/C31H43N3O4/c1-22-18-34(23(2)21-35)31(37)27-17-26(32-30(36)16-24-10-6-4-7-11-24)14-15-28(27)38-29(22)20-33(3)19-25-12-8-5-9-13-25/h4,6-7,10-11,14-15,17,22-23,25,29,35H,5,8-9,12-13,16,18-21H2,1-3H3,(H,32,36)/t22-,23-,29+/m0/s1. The van der Waals surface area contributed by atoms with Crippen molar-refractivity contribution in [3.8, 4) is 5.75 Å². The molecule has 0 saturated heterocycles. The highest BCUT2D eigenvalue weighted by molar-refractivity contribution is 6.00. The van der Waals surface area contributed by atoms with Crippen LogP contribution < -0.4 is 10.1 Å². The Morgan fingerprint density at radius 3 is 2.58 bits per heavy atom. The molecule has 206 valence electrons. The lowest BCUT2D eigenvalue weighted by atomic mass is 9.89. The summed E-state index contributed by atoms with van der Waals surface area (Å²) in [6, 6.07) is 14.5. The number of nitrogens with one attached hydrogen (secondary N) is 1. The minimum absolute atomic E-state index is 0.0835. The minimum atomic E-state index is -0.326. The van der Waals surface area contributed by atoms with Crippen molar-refractivity contribution in [2.45, 2.75) is 64.5 Å². The molecular weight excluding hydrogens is 478 g/mol. The number of aliphatic hydroxyl groups is 1. The largest absolute Gasteiger partial charge is 0.488 e. The predicted molar refractivity (Wildman–Crippen MR) is 150 cm³/mol. The molecule has 1 aliphatic heterocycles. The molecule has 2 aromatic carbocycles. The van der Waals surface area contributed by atoms with Crippen LogP contribution >= 0.6 is 0 Å². The number of hydrogen-bond donors (Lipinski definition) is 2. The second-order valence-corrected chi connectivity index (χ2v) is 11.3. The van der Waals surface area contributed by atoms with Gasteiger partial charge in [-0.05, 0) is 56.5 Å². The van der Waals surface area contributed by atoms with Crippen LogP contribution in [0, 0.1) is 11.8 Å². The Morgan fingerprint density at radius 2 is 1.87 bits per heavy atom. The molecule has 1 fully saturated rings. The predicted octanol–water partition coefficient (Wildman–Crippen LogP) is 4.60. The van der Waals surface area contributed by atoms with Crippen LogP contribution in [0.15, 0.2) is 48.5 Å². The Morgan fingerprint density at radius 1 is 1.13 bits per heavy atom. The number of carbonyl (C=O) groups is 2. The zero-order valence-electron chi connectivity index (χ0n) is 23.1. The fourth-order valence-corrected chi connectivity index (χ4v) is 5.70. The van der Waals surface area contributed by atoms with Crippen molar-refractivity contribution in [2.75, 3.05) is 38.6 Å². The molecule has 0 bridgehead atoms. The first-order valence-corrected chi connectivity index (χ1v) is 14.1. The molecule has 4 rings (SSSR count). The number of rotatable bonds is 9. The lowest BCUT2D eigenvalue weighted by Gasteiger charge is -2.38. The smallest absolute Gasteiger partial charge is 0.258 e. The van der Waals surface area contributed by atoms with E-state index in [0.717, 1.165) is 24.6 Å². The summed E-state index contributed by atoms with van der Waals surface area (Å²) >= 11 is 0. The first-order valence-electron chi connectivity index (χ1n) is 14.1. The Labute approximate surface area is 227 Å². The minimum Gasteiger partial charge on any atom is -0.488 e. The van der Waals surface area contributed by atoms with Gasteiger partial charge in [0.05, 0.1) is 24.6 Å². The van der Waals surface area contributed by atoms with E-state index in [-0.39, 0.29) is 42.9 Å². The molecule has 2 amide bonds. The van der Waals surface area contributed by atoms with E-state index in [1.165, 1.54) is 32.1 Å². The molecule has 0 radical (unpaired) electrons. The molecule has 7 heteroatoms. The van der Waals surface area contributed by atoms with Gasteiger partial charge >= 0.3 is 0 Å². The van der Waals surface area contributed by atoms with Crippen molar-refractivity contribution >= 4 is 17.5 Å². The monoisotopic (exact) mass is 521 g/mol. The number of carbonyl (C=O) groups excluding carboxylic acids is 2. The number of aliphatic hydroxyl groups excluding tert-OH is 1. The maximum absolute atomic E-state index is 13.7. The zero-order valence-corrected chi connectivity index (χ0v) is 23.1. The van der Waals surface area contributed by atoms with Crippen LogP contribution in [0.2, 0.25) is 0 Å². The molecule has 0 spiro atoms. The van der Waals surface area contributed by atoms with Gasteiger partial charge in [0.1, 0.15) is 11.9 Å². The van der Waals surface area contributed by atoms with E-state index in [1.54, 1.807) is 23.1 Å². The number of hydrogen-bond acceptors (Lipinski definition) is 5. The molecule has 7 nitrogen and oxygen atoms in total. The van der Waals surface area contributed by atoms with Crippen molar-refractivity contribution in [1.29, 1.82) is 0 Å². The lowest BCUT2D eigenvalue weighted by Crippen LogP contribution is -2.50. The molecule has 38 heavy (non-hydrogen) atoms. The van der Waals surface area contributed by atoms with Crippen LogP contribution in [0.4, 0.5) is 5.69 Å². The van der Waals surface area contributed by atoms with Gasteiger partial charge in [-0.3, -0.25) is 9.59 Å². The molecule has 0 unspecified atom stereocenters. The molecule has 3 atom stereocenters. The normalized spacial score (nSPS) is 21.3. The van der Waals surface area contributed by atoms with Crippen molar-refractivity contribution in [3.05, 3.63) is 59.7 Å². The van der Waals surface area contributed by atoms with Crippen LogP contribution in [-0.4, -0.2) is 72.2 Å². The maximum atomic E-state index is 13.7. The van der Waals surface area contributed by atoms with Crippen molar-refractivity contribution < 1.29 is 19.4 Å². The van der Waals surface area contributed by atoms with Gasteiger partial charge < -0.3 is 25.0 Å². The Bertz CT molecular complexity index is 1070. The van der Waals surface area contributed by atoms with Gasteiger partial charge in [0.15, 0.2) is 0 Å². The number of nitrogens with zero attached hydrogens (tertiary/aromatic N) is 2. The number of fused-ring (bicyclic) bond motifs is 1. The van der Waals surface area contributed by atoms with E-state index < -0.39 is 0 Å². The van der Waals surface area contributed by atoms with E-state index in [1.807, 2.05) is 37.3 Å². The number of ether oxygens (including phenoxy) is 1. The summed E-state index contributed by atoms with van der Waals surface area (Å²) < 4.78 is 6.53. The lowest BCUT2D eigenvalue weighted by molar-refractivity contribution is -0.115. The van der Waals surface area contributed by atoms with E-state index >= 15 is 0 Å². The number of amides is 2. The second-order valence-electron chi connectivity index (χ2n) is 11.3. The summed E-state index contributed by atoms with van der Waals surface area (Å²) in [4.78, 5) is 30.5. The Hall–Kier alpha value is -2.90. The number of anilines is 1. The summed E-state index contributed by atoms with van der Waals surface area (Å²) in [5.41, 5.74) is 1.89. The first kappa shape index (κ1) is 28.1. The third-order valence-corrected chi connectivity index (χ3v) is 7.94. The Kier molecular flexibility index (Phi) is 9.80. The number of likely N-dealkylation sites (N-methyl/N-ethyl adjacent to an activating group) is 1. The summed E-state index contributed by atoms with van der Waals surface area (Å²) in [6.45, 7) is 6.18. The molecule has 1 saturated carbocycles. The van der Waals surface area contributed by atoms with Crippen molar-refractivity contribution in [3.63, 3.8) is 0 Å². The molecular formula is C31H43N3O4. The third-order valence-electron chi connectivity index (χ3n) is 7.94. The molecule has 2 aliphatic rings. The van der Waals surface area contributed by atoms with Crippen LogP contribution in [0.25, 0.3) is 0 Å². The Balaban J connectivity index is 1.53. The van der Waals surface area contributed by atoms with Crippen LogP contribution in [0.1, 0.15) is 61.9 Å². The van der Waals surface area contributed by atoms with Crippen LogP contribution in [0.3, 0.4) is 0 Å². The SMILES string of the molecule is C[C@H]1CN([C@@H](C)CO)C(=O)c2cc(NC(=O)Cc3ccccc3)ccc2O[C@@H]1CN(C)CC1CCCCC1. The van der Waals surface area contributed by atoms with Crippen LogP contribution in [0.5, 0.6) is 5.75 Å². The van der Waals surface area contributed by atoms with E-state index in [2.05, 4.69) is 24.2 Å². The van der Waals surface area contributed by atoms with E-state index in [9.17, 15) is 14.7 Å². The fraction of sp³-hybridized carbons (Fsp3) is 0.548. The zero-order chi connectivity index (χ0) is 27.1. The average molecular weight is 522 g/mol. The van der Waals surface area contributed by atoms with Gasteiger partial charge in [0.25, 0.3) is 5.91 Å². The topological polar surface area (TPSA) is 82.1 Å². The quantitative estimate of drug-likeness (QED) is 0.504. The average Bonchev–Trinajstić information content (AvgIpc) is 2.91. The molecule has 1 aliphatic carbocycles.